The number of Topliss-reactive ketones (excluding diaryl/α,β-unsaturated/α-hetero) is 1. The highest BCUT2D eigenvalue weighted by Gasteiger charge is 2.66. The van der Waals surface area contributed by atoms with Crippen LogP contribution >= 0.6 is 0 Å². The number of nitrogens with zero attached hydrogens (tertiary/aromatic N) is 1. The van der Waals surface area contributed by atoms with Crippen molar-refractivity contribution in [3.8, 4) is 0 Å². The fourth-order valence-electron chi connectivity index (χ4n) is 12.5. The van der Waals surface area contributed by atoms with E-state index in [1.807, 2.05) is 31.2 Å². The lowest BCUT2D eigenvalue weighted by molar-refractivity contribution is -0.216. The fraction of sp³-hybridized carbons (Fsp3) is 0.682. The molecule has 2 aromatic rings. The van der Waals surface area contributed by atoms with E-state index in [0.29, 0.717) is 37.1 Å². The number of benzene rings is 2. The van der Waals surface area contributed by atoms with Crippen LogP contribution in [0.15, 0.2) is 53.5 Å². The maximum atomic E-state index is 12.6. The number of fused-ring (bicyclic) bond motifs is 6. The van der Waals surface area contributed by atoms with Crippen LogP contribution in [-0.2, 0) is 17.8 Å². The zero-order valence-corrected chi connectivity index (χ0v) is 31.5. The minimum Gasteiger partial charge on any atom is -0.396 e. The van der Waals surface area contributed by atoms with Gasteiger partial charge in [0.15, 0.2) is 0 Å². The highest BCUT2D eigenvalue weighted by atomic mass is 16.3. The summed E-state index contributed by atoms with van der Waals surface area (Å²) in [5.74, 6) is 1.56. The first kappa shape index (κ1) is 36.8. The van der Waals surface area contributed by atoms with Crippen LogP contribution in [0.5, 0.6) is 0 Å². The predicted octanol–water partition coefficient (Wildman–Crippen LogP) is 6.98. The highest BCUT2D eigenvalue weighted by Crippen LogP contribution is 2.69. The van der Waals surface area contributed by atoms with Gasteiger partial charge in [0.05, 0.1) is 36.0 Å². The second-order valence-corrected chi connectivity index (χ2v) is 18.1. The van der Waals surface area contributed by atoms with E-state index in [2.05, 4.69) is 50.4 Å². The van der Waals surface area contributed by atoms with Crippen molar-refractivity contribution < 1.29 is 25.2 Å². The molecule has 2 aromatic carbocycles. The number of carbonyl (C=O) groups excluding carboxylic acids is 1. The van der Waals surface area contributed by atoms with Gasteiger partial charge in [-0.1, -0.05) is 63.2 Å². The molecule has 1 aliphatic heterocycles. The smallest absolute Gasteiger partial charge is 0.140 e. The van der Waals surface area contributed by atoms with Gasteiger partial charge in [-0.2, -0.15) is 0 Å². The van der Waals surface area contributed by atoms with Gasteiger partial charge in [-0.25, -0.2) is 0 Å². The van der Waals surface area contributed by atoms with Gasteiger partial charge in [-0.05, 0) is 142 Å². The van der Waals surface area contributed by atoms with Crippen LogP contribution < -0.4 is 5.32 Å². The van der Waals surface area contributed by atoms with Gasteiger partial charge in [-0.15, -0.1) is 0 Å². The molecule has 7 rings (SSSR count). The van der Waals surface area contributed by atoms with Gasteiger partial charge in [0.25, 0.3) is 0 Å². The molecule has 4 saturated carbocycles. The molecule has 278 valence electrons. The van der Waals surface area contributed by atoms with Gasteiger partial charge < -0.3 is 25.7 Å². The number of carbonyl (C=O) groups is 1. The molecule has 13 atom stereocenters. The van der Waals surface area contributed by atoms with E-state index < -0.39 is 17.8 Å². The number of hydrogen-bond acceptors (Lipinski definition) is 7. The minimum atomic E-state index is -0.762. The maximum absolute atomic E-state index is 12.6. The lowest BCUT2D eigenvalue weighted by atomic mass is 9.42. The number of ketones is 1. The van der Waals surface area contributed by atoms with Crippen LogP contribution in [0.4, 0.5) is 5.69 Å². The molecule has 0 saturated heterocycles. The summed E-state index contributed by atoms with van der Waals surface area (Å²) in [6.07, 6.45) is 7.44. The fourth-order valence-corrected chi connectivity index (χ4v) is 12.5. The standard InChI is InChI=1S/C44H62N2O5/c1-26(17-21-47)33-14-15-34-40-35(23-38(50)43(33,34)5)42(4)19-20-44(51,24-31(42)22-37(40)49)18-16-29-10-12-30(13-11-29)25-45-41-32-8-6-7-9-36(32)46-27(2)39(41)28(3)48/h6-13,26-27,31,33-35,37-40,46-47,49-51H,14-25H2,1-5H3/t26?,27?,31?,33-,34?,35?,37?,38?,39?,40?,42?,43?,44-/m1/s1. The number of aliphatic imine (C=N–C) groups is 1. The van der Waals surface area contributed by atoms with Crippen molar-refractivity contribution >= 4 is 17.2 Å². The summed E-state index contributed by atoms with van der Waals surface area (Å²) in [6.45, 7) is 11.3. The van der Waals surface area contributed by atoms with Crippen LogP contribution in [0.3, 0.4) is 0 Å². The average molecular weight is 699 g/mol. The molecule has 0 radical (unpaired) electrons. The second-order valence-electron chi connectivity index (χ2n) is 18.1. The Bertz CT molecular complexity index is 1610. The predicted molar refractivity (Wildman–Crippen MR) is 203 cm³/mol. The van der Waals surface area contributed by atoms with Crippen LogP contribution in [0.2, 0.25) is 0 Å². The van der Waals surface area contributed by atoms with E-state index in [9.17, 15) is 25.2 Å². The Hall–Kier alpha value is -2.58. The van der Waals surface area contributed by atoms with Crippen molar-refractivity contribution in [3.05, 3.63) is 65.2 Å². The molecule has 0 spiro atoms. The molecular weight excluding hydrogens is 636 g/mol. The van der Waals surface area contributed by atoms with Gasteiger partial charge in [0.2, 0.25) is 0 Å². The van der Waals surface area contributed by atoms with Crippen LogP contribution in [-0.4, -0.2) is 62.4 Å². The number of aliphatic hydroxyl groups excluding tert-OH is 3. The third-order valence-corrected chi connectivity index (χ3v) is 15.4. The molecule has 4 fully saturated rings. The van der Waals surface area contributed by atoms with Crippen molar-refractivity contribution in [2.24, 2.45) is 57.2 Å². The third-order valence-electron chi connectivity index (χ3n) is 15.4. The highest BCUT2D eigenvalue weighted by molar-refractivity contribution is 6.17. The summed E-state index contributed by atoms with van der Waals surface area (Å²) < 4.78 is 0. The van der Waals surface area contributed by atoms with E-state index in [1.165, 1.54) is 5.56 Å². The molecule has 1 heterocycles. The first-order chi connectivity index (χ1) is 24.3. The van der Waals surface area contributed by atoms with Crippen molar-refractivity contribution in [1.29, 1.82) is 0 Å². The minimum absolute atomic E-state index is 0.00446. The largest absolute Gasteiger partial charge is 0.396 e. The molecule has 7 heteroatoms. The number of hydrogen-bond donors (Lipinski definition) is 5. The summed E-state index contributed by atoms with van der Waals surface area (Å²) in [7, 11) is 0. The number of aliphatic hydroxyl groups is 4. The quantitative estimate of drug-likeness (QED) is 0.193. The van der Waals surface area contributed by atoms with Crippen molar-refractivity contribution in [3.63, 3.8) is 0 Å². The maximum Gasteiger partial charge on any atom is 0.140 e. The van der Waals surface area contributed by atoms with E-state index in [-0.39, 0.29) is 52.9 Å². The van der Waals surface area contributed by atoms with E-state index in [1.54, 1.807) is 6.92 Å². The summed E-state index contributed by atoms with van der Waals surface area (Å²) >= 11 is 0. The summed E-state index contributed by atoms with van der Waals surface area (Å²) in [4.78, 5) is 17.6. The van der Waals surface area contributed by atoms with Gasteiger partial charge >= 0.3 is 0 Å². The number of nitrogens with one attached hydrogen (secondary N) is 1. The summed E-state index contributed by atoms with van der Waals surface area (Å²) in [5.41, 5.74) is 4.19. The Balaban J connectivity index is 0.997. The molecule has 0 amide bonds. The number of anilines is 1. The Kier molecular flexibility index (Phi) is 10.1. The molecule has 5 N–H and O–H groups in total. The molecule has 51 heavy (non-hydrogen) atoms. The third kappa shape index (κ3) is 6.42. The first-order valence-corrected chi connectivity index (χ1v) is 20.0. The zero-order chi connectivity index (χ0) is 36.3. The van der Waals surface area contributed by atoms with Crippen molar-refractivity contribution in [1.82, 2.24) is 0 Å². The van der Waals surface area contributed by atoms with Crippen LogP contribution in [0.25, 0.3) is 0 Å². The average Bonchev–Trinajstić information content (AvgIpc) is 3.46. The summed E-state index contributed by atoms with van der Waals surface area (Å²) in [6, 6.07) is 16.6. The number of rotatable bonds is 9. The topological polar surface area (TPSA) is 122 Å². The SMILES string of the molecule is CC(=O)C1C(=NCc2ccc(CC[C@@]3(O)CCC4(C)C(CC(O)C5C4CC(O)C4(C)C5CC[C@@H]4C(C)CCO)C3)cc2)c2ccccc2NC1C. The van der Waals surface area contributed by atoms with Gasteiger partial charge in [-0.3, -0.25) is 9.79 Å². The lowest BCUT2D eigenvalue weighted by Gasteiger charge is -2.64. The van der Waals surface area contributed by atoms with Gasteiger partial charge in [0, 0.05) is 23.9 Å². The number of aryl methyl sites for hydroxylation is 1. The molecule has 7 nitrogen and oxygen atoms in total. The Morgan fingerprint density at radius 2 is 1.73 bits per heavy atom. The zero-order valence-electron chi connectivity index (χ0n) is 31.5. The van der Waals surface area contributed by atoms with Crippen LogP contribution in [0, 0.1) is 52.3 Å². The molecule has 11 unspecified atom stereocenters. The summed E-state index contributed by atoms with van der Waals surface area (Å²) in [5, 5.41) is 48.8. The lowest BCUT2D eigenvalue weighted by Crippen LogP contribution is -2.63. The molecule has 5 aliphatic rings. The molecule has 0 aromatic heterocycles. The molecular formula is C44H62N2O5. The Morgan fingerprint density at radius 3 is 2.45 bits per heavy atom. The van der Waals surface area contributed by atoms with Crippen LogP contribution in [0.1, 0.15) is 109 Å². The van der Waals surface area contributed by atoms with Crippen molar-refractivity contribution in [2.45, 2.75) is 129 Å². The Morgan fingerprint density at radius 1 is 1.00 bits per heavy atom. The molecule has 4 aliphatic carbocycles. The molecule has 0 bridgehead atoms. The first-order valence-electron chi connectivity index (χ1n) is 20.0. The number of para-hydroxylation sites is 1. The van der Waals surface area contributed by atoms with Gasteiger partial charge in [0.1, 0.15) is 5.78 Å². The van der Waals surface area contributed by atoms with Crippen molar-refractivity contribution in [2.75, 3.05) is 11.9 Å². The van der Waals surface area contributed by atoms with E-state index >= 15 is 0 Å². The monoisotopic (exact) mass is 698 g/mol. The normalized spacial score (nSPS) is 41.5. The van der Waals surface area contributed by atoms with E-state index in [4.69, 9.17) is 4.99 Å². The Labute approximate surface area is 305 Å². The van der Waals surface area contributed by atoms with E-state index in [0.717, 1.165) is 73.9 Å². The second kappa shape index (κ2) is 14.0.